The summed E-state index contributed by atoms with van der Waals surface area (Å²) in [5.74, 6) is -1.28. The van der Waals surface area contributed by atoms with E-state index in [-0.39, 0.29) is 5.56 Å². The fourth-order valence-electron chi connectivity index (χ4n) is 1.28. The molecule has 9 heteroatoms. The molecule has 98 valence electrons. The normalized spacial score (nSPS) is 11.4. The van der Waals surface area contributed by atoms with Crippen molar-refractivity contribution < 1.29 is 22.9 Å². The van der Waals surface area contributed by atoms with Crippen molar-refractivity contribution in [2.75, 3.05) is 5.88 Å². The molecule has 0 spiro atoms. The molecule has 0 aromatic heterocycles. The molecule has 0 aliphatic carbocycles. The summed E-state index contributed by atoms with van der Waals surface area (Å²) in [6.07, 6.45) is -4.95. The summed E-state index contributed by atoms with van der Waals surface area (Å²) >= 11 is 7.82. The van der Waals surface area contributed by atoms with E-state index in [0.717, 1.165) is 6.07 Å². The van der Waals surface area contributed by atoms with Gasteiger partial charge in [0.05, 0.1) is 10.8 Å². The van der Waals surface area contributed by atoms with Crippen LogP contribution in [0.15, 0.2) is 16.6 Å². The molecule has 4 nitrogen and oxygen atoms in total. The zero-order valence-corrected chi connectivity index (χ0v) is 10.8. The Morgan fingerprint density at radius 3 is 2.39 bits per heavy atom. The average molecular weight is 346 g/mol. The number of hydrogen-bond acceptors (Lipinski definition) is 3. The first-order chi connectivity index (χ1) is 8.20. The number of halogens is 5. The molecular weight excluding hydrogens is 342 g/mol. The Bertz CT molecular complexity index is 519. The number of Topliss-reactive ketones (excluding diaryl/α,β-unsaturated/α-hetero) is 1. The van der Waals surface area contributed by atoms with Crippen LogP contribution in [0.25, 0.3) is 0 Å². The Balaban J connectivity index is 3.61. The molecule has 0 atom stereocenters. The molecule has 1 aromatic carbocycles. The second-order valence-corrected chi connectivity index (χ2v) is 4.19. The quantitative estimate of drug-likeness (QED) is 0.362. The van der Waals surface area contributed by atoms with Crippen LogP contribution in [0.1, 0.15) is 15.9 Å². The number of carbonyl (C=O) groups excluding carboxylic acids is 1. The van der Waals surface area contributed by atoms with E-state index in [4.69, 9.17) is 11.6 Å². The lowest BCUT2D eigenvalue weighted by Gasteiger charge is -2.12. The van der Waals surface area contributed by atoms with Crippen LogP contribution in [0.4, 0.5) is 18.9 Å². The van der Waals surface area contributed by atoms with Crippen LogP contribution in [0.5, 0.6) is 0 Å². The maximum Gasteiger partial charge on any atom is 0.424 e. The summed E-state index contributed by atoms with van der Waals surface area (Å²) in [7, 11) is 0. The number of rotatable bonds is 3. The topological polar surface area (TPSA) is 60.2 Å². The van der Waals surface area contributed by atoms with Crippen molar-refractivity contribution in [3.63, 3.8) is 0 Å². The van der Waals surface area contributed by atoms with E-state index in [2.05, 4.69) is 15.9 Å². The second kappa shape index (κ2) is 5.23. The van der Waals surface area contributed by atoms with Gasteiger partial charge < -0.3 is 0 Å². The van der Waals surface area contributed by atoms with Gasteiger partial charge in [-0.3, -0.25) is 14.9 Å². The van der Waals surface area contributed by atoms with Crippen molar-refractivity contribution >= 4 is 39.0 Å². The summed E-state index contributed by atoms with van der Waals surface area (Å²) in [4.78, 5) is 20.7. The number of alkyl halides is 4. The third kappa shape index (κ3) is 2.81. The van der Waals surface area contributed by atoms with E-state index in [9.17, 15) is 28.1 Å². The lowest BCUT2D eigenvalue weighted by atomic mass is 10.1. The maximum atomic E-state index is 12.7. The number of benzene rings is 1. The minimum absolute atomic E-state index is 0.345. The molecule has 0 amide bonds. The van der Waals surface area contributed by atoms with E-state index in [1.807, 2.05) is 0 Å². The van der Waals surface area contributed by atoms with Crippen LogP contribution in [-0.4, -0.2) is 16.6 Å². The first-order valence-corrected chi connectivity index (χ1v) is 5.66. The number of hydrogen-bond donors (Lipinski definition) is 0. The van der Waals surface area contributed by atoms with Gasteiger partial charge in [-0.15, -0.1) is 11.6 Å². The Morgan fingerprint density at radius 1 is 1.44 bits per heavy atom. The molecule has 0 N–H and O–H groups in total. The number of nitro groups is 1. The highest BCUT2D eigenvalue weighted by Gasteiger charge is 2.41. The summed E-state index contributed by atoms with van der Waals surface area (Å²) in [6.45, 7) is 0. The monoisotopic (exact) mass is 345 g/mol. The van der Waals surface area contributed by atoms with Crippen molar-refractivity contribution in [3.05, 3.63) is 37.8 Å². The molecule has 0 aliphatic rings. The lowest BCUT2D eigenvalue weighted by Crippen LogP contribution is -2.13. The predicted molar refractivity (Wildman–Crippen MR) is 60.8 cm³/mol. The molecule has 0 unspecified atom stereocenters. The molecule has 18 heavy (non-hydrogen) atoms. The van der Waals surface area contributed by atoms with E-state index >= 15 is 0 Å². The van der Waals surface area contributed by atoms with Crippen molar-refractivity contribution in [1.82, 2.24) is 0 Å². The Hall–Kier alpha value is -1.15. The van der Waals surface area contributed by atoms with E-state index in [1.54, 1.807) is 0 Å². The standard InChI is InChI=1S/C9H4BrClF3NO3/c10-8-4(6(16)3-11)1-2-5(15(17)18)7(8)9(12,13)14/h1-2H,3H2. The highest BCUT2D eigenvalue weighted by Crippen LogP contribution is 2.42. The van der Waals surface area contributed by atoms with E-state index in [1.165, 1.54) is 0 Å². The zero-order chi connectivity index (χ0) is 14.1. The van der Waals surface area contributed by atoms with Crippen LogP contribution in [0.3, 0.4) is 0 Å². The summed E-state index contributed by atoms with van der Waals surface area (Å²) < 4.78 is 37.5. The Kier molecular flexibility index (Phi) is 4.33. The van der Waals surface area contributed by atoms with Gasteiger partial charge >= 0.3 is 6.18 Å². The number of ketones is 1. The van der Waals surface area contributed by atoms with Crippen molar-refractivity contribution in [2.45, 2.75) is 6.18 Å². The first kappa shape index (κ1) is 14.9. The van der Waals surface area contributed by atoms with Gasteiger partial charge in [0.2, 0.25) is 0 Å². The number of nitro benzene ring substituents is 1. The van der Waals surface area contributed by atoms with Gasteiger partial charge in [0, 0.05) is 16.1 Å². The van der Waals surface area contributed by atoms with Gasteiger partial charge in [-0.2, -0.15) is 13.2 Å². The number of nitrogens with zero attached hydrogens (tertiary/aromatic N) is 1. The fraction of sp³-hybridized carbons (Fsp3) is 0.222. The lowest BCUT2D eigenvalue weighted by molar-refractivity contribution is -0.388. The highest BCUT2D eigenvalue weighted by molar-refractivity contribution is 9.10. The first-order valence-electron chi connectivity index (χ1n) is 4.33. The predicted octanol–water partition coefficient (Wildman–Crippen LogP) is 3.80. The minimum Gasteiger partial charge on any atom is -0.293 e. The van der Waals surface area contributed by atoms with Gasteiger partial charge in [-0.25, -0.2) is 0 Å². The second-order valence-electron chi connectivity index (χ2n) is 3.13. The fourth-order valence-corrected chi connectivity index (χ4v) is 2.20. The summed E-state index contributed by atoms with van der Waals surface area (Å²) in [5, 5.41) is 10.5. The molecule has 0 heterocycles. The van der Waals surface area contributed by atoms with Gasteiger partial charge in [-0.1, -0.05) is 0 Å². The summed E-state index contributed by atoms with van der Waals surface area (Å²) in [6, 6.07) is 1.57. The van der Waals surface area contributed by atoms with E-state index < -0.39 is 38.5 Å². The van der Waals surface area contributed by atoms with Crippen molar-refractivity contribution in [2.24, 2.45) is 0 Å². The molecule has 1 rings (SSSR count). The molecule has 0 aliphatic heterocycles. The number of carbonyl (C=O) groups is 1. The maximum absolute atomic E-state index is 12.7. The smallest absolute Gasteiger partial charge is 0.293 e. The van der Waals surface area contributed by atoms with Crippen LogP contribution >= 0.6 is 27.5 Å². The van der Waals surface area contributed by atoms with Crippen LogP contribution in [0.2, 0.25) is 0 Å². The Labute approximate surface area is 112 Å². The third-order valence-electron chi connectivity index (χ3n) is 2.02. The molecule has 0 fully saturated rings. The molecule has 1 aromatic rings. The largest absolute Gasteiger partial charge is 0.424 e. The molecule has 0 saturated heterocycles. The molecule has 0 radical (unpaired) electrons. The van der Waals surface area contributed by atoms with Crippen molar-refractivity contribution in [3.8, 4) is 0 Å². The zero-order valence-electron chi connectivity index (χ0n) is 8.42. The van der Waals surface area contributed by atoms with Crippen LogP contribution in [0, 0.1) is 10.1 Å². The highest BCUT2D eigenvalue weighted by atomic mass is 79.9. The van der Waals surface area contributed by atoms with Crippen LogP contribution < -0.4 is 0 Å². The third-order valence-corrected chi connectivity index (χ3v) is 3.09. The van der Waals surface area contributed by atoms with Gasteiger partial charge in [0.1, 0.15) is 5.56 Å². The van der Waals surface area contributed by atoms with E-state index in [0.29, 0.717) is 6.07 Å². The average Bonchev–Trinajstić information content (AvgIpc) is 2.25. The van der Waals surface area contributed by atoms with Crippen LogP contribution in [-0.2, 0) is 6.18 Å². The molecule has 0 bridgehead atoms. The summed E-state index contributed by atoms with van der Waals surface area (Å²) in [5.41, 5.74) is -2.97. The van der Waals surface area contributed by atoms with Gasteiger partial charge in [0.25, 0.3) is 5.69 Å². The molecule has 0 saturated carbocycles. The minimum atomic E-state index is -4.95. The van der Waals surface area contributed by atoms with Gasteiger partial charge in [0.15, 0.2) is 5.78 Å². The Morgan fingerprint density at radius 2 is 2.00 bits per heavy atom. The van der Waals surface area contributed by atoms with Gasteiger partial charge in [-0.05, 0) is 22.0 Å². The molecular formula is C9H4BrClF3NO3. The van der Waals surface area contributed by atoms with Crippen molar-refractivity contribution in [1.29, 1.82) is 0 Å². The SMILES string of the molecule is O=C(CCl)c1ccc([N+](=O)[O-])c(C(F)(F)F)c1Br.